The number of alkyl halides is 3. The summed E-state index contributed by atoms with van der Waals surface area (Å²) in [5.41, 5.74) is 0.235. The summed E-state index contributed by atoms with van der Waals surface area (Å²) in [7, 11) is 1.70. The van der Waals surface area contributed by atoms with E-state index in [0.29, 0.717) is 0 Å². The van der Waals surface area contributed by atoms with Crippen LogP contribution in [0.25, 0.3) is 0 Å². The Morgan fingerprint density at radius 1 is 1.35 bits per heavy atom. The maximum Gasteiger partial charge on any atom is 0.433 e. The second kappa shape index (κ2) is 5.78. The van der Waals surface area contributed by atoms with Crippen molar-refractivity contribution in [3.05, 3.63) is 40.3 Å². The average molecular weight is 301 g/mol. The summed E-state index contributed by atoms with van der Waals surface area (Å²) in [4.78, 5) is 9.17. The van der Waals surface area contributed by atoms with Crippen LogP contribution in [0.15, 0.2) is 29.1 Å². The van der Waals surface area contributed by atoms with Crippen LogP contribution in [0, 0.1) is 0 Å². The van der Waals surface area contributed by atoms with E-state index in [0.717, 1.165) is 24.2 Å². The molecule has 0 saturated carbocycles. The lowest BCUT2D eigenvalue weighted by Crippen LogP contribution is -2.32. The second-order valence-corrected chi connectivity index (χ2v) is 5.32. The molecule has 1 atom stereocenters. The molecule has 0 aliphatic carbocycles. The molecular formula is C13H14F3N3S. The van der Waals surface area contributed by atoms with Gasteiger partial charge in [0.15, 0.2) is 0 Å². The molecule has 2 aromatic rings. The van der Waals surface area contributed by atoms with E-state index in [1.54, 1.807) is 23.3 Å². The van der Waals surface area contributed by atoms with Crippen LogP contribution in [0.5, 0.6) is 0 Å². The minimum atomic E-state index is -4.45. The van der Waals surface area contributed by atoms with Crippen molar-refractivity contribution in [2.24, 2.45) is 0 Å². The summed E-state index contributed by atoms with van der Waals surface area (Å²) in [6.07, 6.45) is -2.58. The fourth-order valence-electron chi connectivity index (χ4n) is 1.76. The lowest BCUT2D eigenvalue weighted by molar-refractivity contribution is -0.141. The van der Waals surface area contributed by atoms with Gasteiger partial charge in [-0.2, -0.15) is 24.5 Å². The van der Waals surface area contributed by atoms with Gasteiger partial charge in [-0.25, -0.2) is 9.97 Å². The zero-order chi connectivity index (χ0) is 14.8. The molecule has 0 spiro atoms. The van der Waals surface area contributed by atoms with E-state index in [1.807, 2.05) is 23.8 Å². The van der Waals surface area contributed by atoms with Crippen molar-refractivity contribution in [3.63, 3.8) is 0 Å². The van der Waals surface area contributed by atoms with E-state index in [1.165, 1.54) is 0 Å². The standard InChI is InChI=1S/C13H14F3N3S/c1-9(7-10-4-6-20-8-10)19(2)12-17-5-3-11(18-12)13(14,15)16/h3-6,8-9H,7H2,1-2H3. The molecule has 0 amide bonds. The molecule has 7 heteroatoms. The highest BCUT2D eigenvalue weighted by molar-refractivity contribution is 7.07. The quantitative estimate of drug-likeness (QED) is 0.863. The number of halogens is 3. The second-order valence-electron chi connectivity index (χ2n) is 4.54. The summed E-state index contributed by atoms with van der Waals surface area (Å²) in [6.45, 7) is 1.93. The molecule has 3 nitrogen and oxygen atoms in total. The summed E-state index contributed by atoms with van der Waals surface area (Å²) >= 11 is 1.60. The summed E-state index contributed by atoms with van der Waals surface area (Å²) < 4.78 is 37.9. The fraction of sp³-hybridized carbons (Fsp3) is 0.385. The summed E-state index contributed by atoms with van der Waals surface area (Å²) in [5, 5.41) is 4.00. The molecule has 2 aromatic heterocycles. The third-order valence-corrected chi connectivity index (χ3v) is 3.75. The molecule has 0 saturated heterocycles. The summed E-state index contributed by atoms with van der Waals surface area (Å²) in [6, 6.07) is 2.89. The van der Waals surface area contributed by atoms with Crippen molar-refractivity contribution in [1.82, 2.24) is 9.97 Å². The van der Waals surface area contributed by atoms with E-state index in [2.05, 4.69) is 9.97 Å². The van der Waals surface area contributed by atoms with Crippen LogP contribution < -0.4 is 4.90 Å². The third kappa shape index (κ3) is 3.47. The zero-order valence-corrected chi connectivity index (χ0v) is 11.9. The van der Waals surface area contributed by atoms with E-state index in [-0.39, 0.29) is 12.0 Å². The van der Waals surface area contributed by atoms with Gasteiger partial charge in [0.2, 0.25) is 5.95 Å². The smallest absolute Gasteiger partial charge is 0.341 e. The van der Waals surface area contributed by atoms with Gasteiger partial charge >= 0.3 is 6.18 Å². The third-order valence-electron chi connectivity index (χ3n) is 3.02. The molecule has 2 heterocycles. The van der Waals surface area contributed by atoms with Crippen LogP contribution in [-0.4, -0.2) is 23.1 Å². The van der Waals surface area contributed by atoms with Gasteiger partial charge in [-0.3, -0.25) is 0 Å². The van der Waals surface area contributed by atoms with Crippen LogP contribution >= 0.6 is 11.3 Å². The van der Waals surface area contributed by atoms with Crippen LogP contribution in [0.1, 0.15) is 18.2 Å². The Morgan fingerprint density at radius 3 is 2.70 bits per heavy atom. The van der Waals surface area contributed by atoms with E-state index < -0.39 is 11.9 Å². The van der Waals surface area contributed by atoms with E-state index >= 15 is 0 Å². The first-order valence-corrected chi connectivity index (χ1v) is 6.96. The highest BCUT2D eigenvalue weighted by Crippen LogP contribution is 2.28. The fourth-order valence-corrected chi connectivity index (χ4v) is 2.44. The number of hydrogen-bond donors (Lipinski definition) is 0. The minimum absolute atomic E-state index is 0.00748. The van der Waals surface area contributed by atoms with Crippen molar-refractivity contribution in [2.45, 2.75) is 25.6 Å². The molecule has 0 aliphatic heterocycles. The molecule has 20 heavy (non-hydrogen) atoms. The van der Waals surface area contributed by atoms with Crippen molar-refractivity contribution in [1.29, 1.82) is 0 Å². The Bertz CT molecular complexity index is 554. The number of thiophene rings is 1. The van der Waals surface area contributed by atoms with Crippen molar-refractivity contribution in [2.75, 3.05) is 11.9 Å². The monoisotopic (exact) mass is 301 g/mol. The van der Waals surface area contributed by atoms with Crippen LogP contribution in [0.3, 0.4) is 0 Å². The zero-order valence-electron chi connectivity index (χ0n) is 11.1. The van der Waals surface area contributed by atoms with Crippen LogP contribution in [0.2, 0.25) is 0 Å². The molecule has 0 aromatic carbocycles. The van der Waals surface area contributed by atoms with E-state index in [4.69, 9.17) is 0 Å². The van der Waals surface area contributed by atoms with Gasteiger partial charge in [-0.1, -0.05) is 0 Å². The molecule has 0 radical (unpaired) electrons. The maximum atomic E-state index is 12.6. The van der Waals surface area contributed by atoms with Crippen molar-refractivity contribution < 1.29 is 13.2 Å². The van der Waals surface area contributed by atoms with Gasteiger partial charge in [0, 0.05) is 19.3 Å². The lowest BCUT2D eigenvalue weighted by Gasteiger charge is -2.25. The molecule has 0 bridgehead atoms. The number of nitrogens with zero attached hydrogens (tertiary/aromatic N) is 3. The molecular weight excluding hydrogens is 287 g/mol. The first-order chi connectivity index (χ1) is 9.38. The first-order valence-electron chi connectivity index (χ1n) is 6.02. The van der Waals surface area contributed by atoms with Crippen LogP contribution in [0.4, 0.5) is 19.1 Å². The average Bonchev–Trinajstić information content (AvgIpc) is 2.90. The van der Waals surface area contributed by atoms with Gasteiger partial charge in [-0.15, -0.1) is 0 Å². The topological polar surface area (TPSA) is 29.0 Å². The summed E-state index contributed by atoms with van der Waals surface area (Å²) in [5.74, 6) is 0.0857. The lowest BCUT2D eigenvalue weighted by atomic mass is 10.1. The molecule has 108 valence electrons. The largest absolute Gasteiger partial charge is 0.433 e. The molecule has 0 N–H and O–H groups in total. The Labute approximate surface area is 119 Å². The van der Waals surface area contributed by atoms with Gasteiger partial charge in [0.1, 0.15) is 5.69 Å². The Balaban J connectivity index is 2.14. The number of anilines is 1. The highest BCUT2D eigenvalue weighted by Gasteiger charge is 2.33. The maximum absolute atomic E-state index is 12.6. The molecule has 0 aliphatic rings. The van der Waals surface area contributed by atoms with Gasteiger partial charge in [0.25, 0.3) is 0 Å². The Morgan fingerprint density at radius 2 is 2.10 bits per heavy atom. The van der Waals surface area contributed by atoms with Crippen molar-refractivity contribution in [3.8, 4) is 0 Å². The molecule has 1 unspecified atom stereocenters. The molecule has 0 fully saturated rings. The highest BCUT2D eigenvalue weighted by atomic mass is 32.1. The number of likely N-dealkylation sites (N-methyl/N-ethyl adjacent to an activating group) is 1. The first kappa shape index (κ1) is 14.8. The Hall–Kier alpha value is -1.63. The number of rotatable bonds is 4. The van der Waals surface area contributed by atoms with Gasteiger partial charge < -0.3 is 4.90 Å². The minimum Gasteiger partial charge on any atom is -0.341 e. The normalized spacial score (nSPS) is 13.2. The van der Waals surface area contributed by atoms with Crippen molar-refractivity contribution >= 4 is 17.3 Å². The predicted octanol–water partition coefficient (Wildman–Crippen LogP) is 3.62. The number of hydrogen-bond acceptors (Lipinski definition) is 4. The van der Waals surface area contributed by atoms with Gasteiger partial charge in [-0.05, 0) is 41.8 Å². The molecule has 2 rings (SSSR count). The van der Waals surface area contributed by atoms with Crippen LogP contribution in [-0.2, 0) is 12.6 Å². The predicted molar refractivity (Wildman–Crippen MR) is 72.9 cm³/mol. The SMILES string of the molecule is CC(Cc1ccsc1)N(C)c1nccc(C(F)(F)F)n1. The number of aromatic nitrogens is 2. The van der Waals surface area contributed by atoms with Gasteiger partial charge in [0.05, 0.1) is 0 Å². The van der Waals surface area contributed by atoms with E-state index in [9.17, 15) is 13.2 Å². The Kier molecular flexibility index (Phi) is 4.27.